The minimum absolute atomic E-state index is 0.138. The molecule has 0 aliphatic rings. The molecule has 0 bridgehead atoms. The molecule has 3 rings (SSSR count). The molecular weight excluding hydrogens is 463 g/mol. The second kappa shape index (κ2) is 9.32. The van der Waals surface area contributed by atoms with Crippen LogP contribution in [-0.2, 0) is 9.53 Å². The Labute approximate surface area is 183 Å². The molecule has 7 nitrogen and oxygen atoms in total. The van der Waals surface area contributed by atoms with Crippen molar-refractivity contribution >= 4 is 74.6 Å². The fraction of sp³-hybridized carbons (Fsp3) is 0.0556. The summed E-state index contributed by atoms with van der Waals surface area (Å²) in [6.45, 7) is -0.555. The van der Waals surface area contributed by atoms with Gasteiger partial charge in [-0.1, -0.05) is 34.8 Å². The van der Waals surface area contributed by atoms with Crippen LogP contribution in [0, 0.1) is 0 Å². The molecule has 0 spiro atoms. The quantitative estimate of drug-likeness (QED) is 0.470. The second-order valence-corrected chi connectivity index (χ2v) is 7.80. The largest absolute Gasteiger partial charge is 0.459 e. The highest BCUT2D eigenvalue weighted by atomic mass is 35.5. The van der Waals surface area contributed by atoms with E-state index in [1.807, 2.05) is 0 Å². The lowest BCUT2D eigenvalue weighted by molar-refractivity contribution is -0.119. The number of furan rings is 1. The summed E-state index contributed by atoms with van der Waals surface area (Å²) in [5, 5.41) is 6.09. The molecule has 150 valence electrons. The van der Waals surface area contributed by atoms with Crippen molar-refractivity contribution < 1.29 is 23.5 Å². The lowest BCUT2D eigenvalue weighted by atomic mass is 10.3. The first-order valence-electron chi connectivity index (χ1n) is 7.89. The van der Waals surface area contributed by atoms with Crippen LogP contribution in [0.15, 0.2) is 47.1 Å². The van der Waals surface area contributed by atoms with Gasteiger partial charge >= 0.3 is 5.97 Å². The topological polar surface area (TPSA) is 97.6 Å². The highest BCUT2D eigenvalue weighted by molar-refractivity contribution is 7.18. The Morgan fingerprint density at radius 2 is 1.76 bits per heavy atom. The van der Waals surface area contributed by atoms with Crippen molar-refractivity contribution in [1.82, 2.24) is 0 Å². The summed E-state index contributed by atoms with van der Waals surface area (Å²) in [7, 11) is 0. The van der Waals surface area contributed by atoms with E-state index in [1.165, 1.54) is 36.6 Å². The molecule has 0 saturated carbocycles. The summed E-state index contributed by atoms with van der Waals surface area (Å²) in [6.07, 6.45) is 1.38. The van der Waals surface area contributed by atoms with Crippen LogP contribution in [0.3, 0.4) is 0 Å². The van der Waals surface area contributed by atoms with Crippen molar-refractivity contribution in [2.75, 3.05) is 17.2 Å². The van der Waals surface area contributed by atoms with Crippen LogP contribution < -0.4 is 10.6 Å². The Hall–Kier alpha value is -2.52. The third-order valence-corrected chi connectivity index (χ3v) is 5.19. The number of amides is 2. The van der Waals surface area contributed by atoms with E-state index in [4.69, 9.17) is 44.0 Å². The third-order valence-electron chi connectivity index (χ3n) is 3.39. The predicted octanol–water partition coefficient (Wildman–Crippen LogP) is 5.35. The van der Waals surface area contributed by atoms with E-state index in [-0.39, 0.29) is 26.4 Å². The summed E-state index contributed by atoms with van der Waals surface area (Å²) in [5.74, 6) is -1.67. The number of hydrogen-bond acceptors (Lipinski definition) is 6. The number of ether oxygens (including phenoxy) is 1. The molecule has 1 aromatic carbocycles. The van der Waals surface area contributed by atoms with E-state index in [0.717, 1.165) is 11.3 Å². The van der Waals surface area contributed by atoms with Crippen molar-refractivity contribution in [1.29, 1.82) is 0 Å². The van der Waals surface area contributed by atoms with Gasteiger partial charge in [-0.2, -0.15) is 0 Å². The molecule has 3 aromatic rings. The lowest BCUT2D eigenvalue weighted by Gasteiger charge is -2.10. The van der Waals surface area contributed by atoms with Crippen LogP contribution in [-0.4, -0.2) is 24.4 Å². The summed E-state index contributed by atoms with van der Waals surface area (Å²) >= 11 is 18.8. The highest BCUT2D eigenvalue weighted by Crippen LogP contribution is 2.33. The number of nitrogens with one attached hydrogen (secondary N) is 2. The van der Waals surface area contributed by atoms with E-state index in [0.29, 0.717) is 10.0 Å². The van der Waals surface area contributed by atoms with Gasteiger partial charge in [-0.15, -0.1) is 11.3 Å². The van der Waals surface area contributed by atoms with Crippen molar-refractivity contribution in [2.24, 2.45) is 0 Å². The number of carbonyl (C=O) groups excluding carboxylic acids is 3. The summed E-state index contributed by atoms with van der Waals surface area (Å²) in [6, 6.07) is 8.93. The first-order chi connectivity index (χ1) is 13.8. The number of anilines is 2. The third kappa shape index (κ3) is 5.51. The van der Waals surface area contributed by atoms with Gasteiger partial charge in [0, 0.05) is 5.02 Å². The zero-order valence-corrected chi connectivity index (χ0v) is 17.4. The monoisotopic (exact) mass is 472 g/mol. The van der Waals surface area contributed by atoms with E-state index in [2.05, 4.69) is 10.6 Å². The van der Waals surface area contributed by atoms with Gasteiger partial charge in [-0.25, -0.2) is 4.79 Å². The molecule has 29 heavy (non-hydrogen) atoms. The van der Waals surface area contributed by atoms with E-state index >= 15 is 0 Å². The number of rotatable bonds is 6. The lowest BCUT2D eigenvalue weighted by Crippen LogP contribution is -2.21. The number of carbonyl (C=O) groups is 3. The van der Waals surface area contributed by atoms with E-state index in [9.17, 15) is 14.4 Å². The molecule has 0 radical (unpaired) electrons. The molecule has 0 unspecified atom stereocenters. The summed E-state index contributed by atoms with van der Waals surface area (Å²) in [5.41, 5.74) is 0.165. The zero-order chi connectivity index (χ0) is 21.0. The van der Waals surface area contributed by atoms with Crippen LogP contribution in [0.2, 0.25) is 15.1 Å². The fourth-order valence-corrected chi connectivity index (χ4v) is 3.84. The molecule has 0 fully saturated rings. The Morgan fingerprint density at radius 3 is 2.41 bits per heavy atom. The van der Waals surface area contributed by atoms with Crippen LogP contribution in [0.25, 0.3) is 0 Å². The number of hydrogen-bond donors (Lipinski definition) is 2. The minimum atomic E-state index is -0.725. The number of benzene rings is 1. The number of thiophene rings is 1. The molecule has 0 aliphatic heterocycles. The Morgan fingerprint density at radius 1 is 1.03 bits per heavy atom. The van der Waals surface area contributed by atoms with Crippen molar-refractivity contribution in [3.05, 3.63) is 68.4 Å². The molecule has 0 atom stereocenters. The van der Waals surface area contributed by atoms with Crippen LogP contribution >= 0.6 is 46.1 Å². The summed E-state index contributed by atoms with van der Waals surface area (Å²) < 4.78 is 9.96. The standard InChI is InChI=1S/C18H11Cl3N2O5S/c19-9-6-10(20)16(11(21)7-9)22-14(24)8-28-18(26)13-3-4-15(29-13)23-17(25)12-2-1-5-27-12/h1-7H,8H2,(H,22,24)(H,23,25). The molecular formula is C18H11Cl3N2O5S. The number of halogens is 3. The maximum Gasteiger partial charge on any atom is 0.348 e. The highest BCUT2D eigenvalue weighted by Gasteiger charge is 2.17. The first-order valence-corrected chi connectivity index (χ1v) is 9.84. The van der Waals surface area contributed by atoms with Gasteiger partial charge in [0.2, 0.25) is 0 Å². The van der Waals surface area contributed by atoms with Gasteiger partial charge in [-0.05, 0) is 36.4 Å². The van der Waals surface area contributed by atoms with Crippen LogP contribution in [0.4, 0.5) is 10.7 Å². The van der Waals surface area contributed by atoms with Crippen LogP contribution in [0.1, 0.15) is 20.2 Å². The van der Waals surface area contributed by atoms with Gasteiger partial charge in [-0.3, -0.25) is 9.59 Å². The summed E-state index contributed by atoms with van der Waals surface area (Å²) in [4.78, 5) is 36.3. The van der Waals surface area contributed by atoms with Crippen LogP contribution in [0.5, 0.6) is 0 Å². The van der Waals surface area contributed by atoms with Gasteiger partial charge in [0.15, 0.2) is 12.4 Å². The molecule has 2 aromatic heterocycles. The molecule has 0 saturated heterocycles. The van der Waals surface area contributed by atoms with Gasteiger partial charge in [0.25, 0.3) is 11.8 Å². The van der Waals surface area contributed by atoms with Crippen molar-refractivity contribution in [3.8, 4) is 0 Å². The maximum absolute atomic E-state index is 12.1. The molecule has 2 N–H and O–H groups in total. The average Bonchev–Trinajstić information content (AvgIpc) is 3.34. The first kappa shape index (κ1) is 21.2. The molecule has 2 amide bonds. The average molecular weight is 474 g/mol. The Balaban J connectivity index is 1.54. The van der Waals surface area contributed by atoms with Gasteiger partial charge in [0.1, 0.15) is 4.88 Å². The Bertz CT molecular complexity index is 1040. The molecule has 11 heteroatoms. The van der Waals surface area contributed by atoms with Gasteiger partial charge < -0.3 is 19.8 Å². The normalized spacial score (nSPS) is 10.4. The van der Waals surface area contributed by atoms with Gasteiger partial charge in [0.05, 0.1) is 27.0 Å². The van der Waals surface area contributed by atoms with E-state index < -0.39 is 24.4 Å². The zero-order valence-electron chi connectivity index (χ0n) is 14.3. The van der Waals surface area contributed by atoms with Crippen molar-refractivity contribution in [2.45, 2.75) is 0 Å². The smallest absolute Gasteiger partial charge is 0.348 e. The molecule has 2 heterocycles. The fourth-order valence-electron chi connectivity index (χ4n) is 2.14. The van der Waals surface area contributed by atoms with E-state index in [1.54, 1.807) is 6.07 Å². The number of esters is 1. The predicted molar refractivity (Wildman–Crippen MR) is 111 cm³/mol. The Kier molecular flexibility index (Phi) is 6.81. The minimum Gasteiger partial charge on any atom is -0.459 e. The maximum atomic E-state index is 12.1. The molecule has 0 aliphatic carbocycles. The SMILES string of the molecule is O=C(COC(=O)c1ccc(NC(=O)c2ccco2)s1)Nc1c(Cl)cc(Cl)cc1Cl. The second-order valence-electron chi connectivity index (χ2n) is 5.46. The van der Waals surface area contributed by atoms with Crippen molar-refractivity contribution in [3.63, 3.8) is 0 Å².